The first-order valence-electron chi connectivity index (χ1n) is 18.3. The lowest BCUT2D eigenvalue weighted by molar-refractivity contribution is 0.668. The van der Waals surface area contributed by atoms with Crippen LogP contribution in [0.3, 0.4) is 0 Å². The average Bonchev–Trinajstić information content (AvgIpc) is 3.84. The fourth-order valence-corrected chi connectivity index (χ4v) is 7.71. The molecule has 0 atom stereocenters. The van der Waals surface area contributed by atoms with E-state index in [2.05, 4.69) is 93.5 Å². The molecule has 0 bridgehead atoms. The lowest BCUT2D eigenvalue weighted by Gasteiger charge is -2.27. The molecule has 0 fully saturated rings. The number of nitriles is 1. The van der Waals surface area contributed by atoms with E-state index in [1.165, 1.54) is 0 Å². The second-order valence-electron chi connectivity index (χ2n) is 13.5. The van der Waals surface area contributed by atoms with E-state index in [0.717, 1.165) is 89.1 Å². The summed E-state index contributed by atoms with van der Waals surface area (Å²) in [6.45, 7) is 7.51. The minimum Gasteiger partial charge on any atom is -0.456 e. The zero-order chi connectivity index (χ0) is 37.6. The van der Waals surface area contributed by atoms with Gasteiger partial charge in [0.05, 0.1) is 40.4 Å². The molecule has 0 radical (unpaired) electrons. The number of para-hydroxylation sites is 2. The molecule has 0 saturated heterocycles. The molecule has 10 rings (SSSR count). The Kier molecular flexibility index (Phi) is 7.80. The summed E-state index contributed by atoms with van der Waals surface area (Å²) in [6, 6.07) is 63.3. The normalized spacial score (nSPS) is 11.2. The molecule has 6 heteroatoms. The van der Waals surface area contributed by atoms with Gasteiger partial charge in [-0.3, -0.25) is 0 Å². The zero-order valence-electron chi connectivity index (χ0n) is 29.9. The maximum Gasteiger partial charge on any atom is 0.187 e. The Balaban J connectivity index is 1.05. The first-order chi connectivity index (χ1) is 27.7. The molecule has 0 aliphatic rings. The zero-order valence-corrected chi connectivity index (χ0v) is 29.9. The Morgan fingerprint density at radius 1 is 0.429 bits per heavy atom. The van der Waals surface area contributed by atoms with E-state index in [1.54, 1.807) is 0 Å². The van der Waals surface area contributed by atoms with Crippen LogP contribution in [-0.2, 0) is 0 Å². The highest BCUT2D eigenvalue weighted by molar-refractivity contribution is 6.14. The minimum atomic E-state index is 0.590. The largest absolute Gasteiger partial charge is 0.456 e. The average molecular weight is 719 g/mol. The number of hydrogen-bond donors (Lipinski definition) is 0. The van der Waals surface area contributed by atoms with Gasteiger partial charge < -0.3 is 18.6 Å². The standard InChI is InChI=1S/C50H30N4O2/c1-52-36-22-30-40(31-23-36)54(44-11-7-15-48-50(44)42-9-3-5-13-46(42)56-48)39-28-20-35(21-29-39)34-18-26-38(27-19-34)53(37-24-16-33(32-51)17-25-37)43-10-6-14-47-49(43)41-8-2-4-12-45(41)55-47/h2-31H. The predicted octanol–water partition coefficient (Wildman–Crippen LogP) is 14.5. The van der Waals surface area contributed by atoms with Gasteiger partial charge in [-0.1, -0.05) is 84.9 Å². The van der Waals surface area contributed by atoms with Crippen LogP contribution in [-0.4, -0.2) is 0 Å². The van der Waals surface area contributed by atoms with Crippen LogP contribution in [0.15, 0.2) is 191 Å². The number of hydrogen-bond acceptors (Lipinski definition) is 5. The highest BCUT2D eigenvalue weighted by Gasteiger charge is 2.21. The van der Waals surface area contributed by atoms with Crippen molar-refractivity contribution in [1.82, 2.24) is 0 Å². The molecule has 0 unspecified atom stereocenters. The Hall–Kier alpha value is -8.06. The van der Waals surface area contributed by atoms with Crippen molar-refractivity contribution in [3.63, 3.8) is 0 Å². The first-order valence-corrected chi connectivity index (χ1v) is 18.3. The fourth-order valence-electron chi connectivity index (χ4n) is 7.71. The third-order valence-corrected chi connectivity index (χ3v) is 10.3. The second kappa shape index (κ2) is 13.4. The van der Waals surface area contributed by atoms with E-state index in [0.29, 0.717) is 11.3 Å². The Morgan fingerprint density at radius 3 is 1.25 bits per heavy atom. The topological polar surface area (TPSA) is 60.9 Å². The number of benzene rings is 8. The molecule has 0 amide bonds. The third kappa shape index (κ3) is 5.50. The molecule has 2 heterocycles. The highest BCUT2D eigenvalue weighted by atomic mass is 16.3. The summed E-state index contributed by atoms with van der Waals surface area (Å²) < 4.78 is 12.5. The highest BCUT2D eigenvalue weighted by Crippen LogP contribution is 2.45. The molecular weight excluding hydrogens is 689 g/mol. The number of fused-ring (bicyclic) bond motifs is 6. The molecule has 0 spiro atoms. The molecule has 0 aliphatic heterocycles. The third-order valence-electron chi connectivity index (χ3n) is 10.3. The van der Waals surface area contributed by atoms with E-state index in [4.69, 9.17) is 15.4 Å². The van der Waals surface area contributed by atoms with Crippen molar-refractivity contribution in [2.24, 2.45) is 0 Å². The monoisotopic (exact) mass is 718 g/mol. The van der Waals surface area contributed by atoms with Crippen LogP contribution in [0.5, 0.6) is 0 Å². The van der Waals surface area contributed by atoms with Gasteiger partial charge in [0.15, 0.2) is 5.69 Å². The van der Waals surface area contributed by atoms with Crippen LogP contribution in [0.4, 0.5) is 39.8 Å². The summed E-state index contributed by atoms with van der Waals surface area (Å²) in [7, 11) is 0. The van der Waals surface area contributed by atoms with Gasteiger partial charge in [-0.2, -0.15) is 5.26 Å². The summed E-state index contributed by atoms with van der Waals surface area (Å²) in [5, 5.41) is 13.7. The van der Waals surface area contributed by atoms with E-state index < -0.39 is 0 Å². The van der Waals surface area contributed by atoms with Crippen LogP contribution >= 0.6 is 0 Å². The van der Waals surface area contributed by atoms with E-state index in [9.17, 15) is 5.26 Å². The van der Waals surface area contributed by atoms with Crippen molar-refractivity contribution < 1.29 is 8.83 Å². The van der Waals surface area contributed by atoms with E-state index >= 15 is 0 Å². The predicted molar refractivity (Wildman–Crippen MR) is 227 cm³/mol. The van der Waals surface area contributed by atoms with Crippen molar-refractivity contribution in [3.8, 4) is 17.2 Å². The van der Waals surface area contributed by atoms with Crippen LogP contribution in [0.1, 0.15) is 5.56 Å². The molecule has 262 valence electrons. The van der Waals surface area contributed by atoms with Gasteiger partial charge >= 0.3 is 0 Å². The molecule has 0 N–H and O–H groups in total. The first kappa shape index (κ1) is 32.6. The van der Waals surface area contributed by atoms with Crippen molar-refractivity contribution in [2.45, 2.75) is 0 Å². The van der Waals surface area contributed by atoms with Gasteiger partial charge in [0.25, 0.3) is 0 Å². The van der Waals surface area contributed by atoms with Crippen molar-refractivity contribution in [1.29, 1.82) is 5.26 Å². The van der Waals surface area contributed by atoms with Crippen LogP contribution < -0.4 is 9.80 Å². The van der Waals surface area contributed by atoms with Gasteiger partial charge in [-0.15, -0.1) is 0 Å². The molecule has 0 aliphatic carbocycles. The Morgan fingerprint density at radius 2 is 0.821 bits per heavy atom. The molecular formula is C50H30N4O2. The number of furan rings is 2. The SMILES string of the molecule is [C-]#[N+]c1ccc(N(c2ccc(-c3ccc(N(c4ccc(C#N)cc4)c4cccc5oc6ccccc6c45)cc3)cc2)c2cccc3oc4ccccc4c23)cc1. The number of anilines is 6. The van der Waals surface area contributed by atoms with Crippen LogP contribution in [0, 0.1) is 17.9 Å². The maximum atomic E-state index is 9.53. The molecule has 56 heavy (non-hydrogen) atoms. The van der Waals surface area contributed by atoms with Crippen LogP contribution in [0.25, 0.3) is 59.8 Å². The van der Waals surface area contributed by atoms with E-state index in [1.807, 2.05) is 109 Å². The Labute approximate surface area is 322 Å². The second-order valence-corrected chi connectivity index (χ2v) is 13.5. The Bertz CT molecular complexity index is 2930. The smallest absolute Gasteiger partial charge is 0.187 e. The molecule has 8 aromatic carbocycles. The molecule has 2 aromatic heterocycles. The van der Waals surface area contributed by atoms with Crippen molar-refractivity contribution in [2.75, 3.05) is 9.80 Å². The van der Waals surface area contributed by atoms with E-state index in [-0.39, 0.29) is 0 Å². The molecule has 6 nitrogen and oxygen atoms in total. The maximum absolute atomic E-state index is 9.53. The molecule has 10 aromatic rings. The quantitative estimate of drug-likeness (QED) is 0.154. The van der Waals surface area contributed by atoms with Gasteiger partial charge in [0, 0.05) is 33.5 Å². The number of rotatable bonds is 7. The summed E-state index contributed by atoms with van der Waals surface area (Å²) in [5.41, 5.74) is 12.4. The van der Waals surface area contributed by atoms with Gasteiger partial charge in [0.1, 0.15) is 22.3 Å². The lowest BCUT2D eigenvalue weighted by Crippen LogP contribution is -2.10. The van der Waals surface area contributed by atoms with Gasteiger partial charge in [-0.25, -0.2) is 4.85 Å². The van der Waals surface area contributed by atoms with Gasteiger partial charge in [0.2, 0.25) is 0 Å². The molecule has 0 saturated carbocycles. The van der Waals surface area contributed by atoms with Crippen LogP contribution in [0.2, 0.25) is 0 Å². The summed E-state index contributed by atoms with van der Waals surface area (Å²) in [5.74, 6) is 0. The summed E-state index contributed by atoms with van der Waals surface area (Å²) >= 11 is 0. The fraction of sp³-hybridized carbons (Fsp3) is 0. The summed E-state index contributed by atoms with van der Waals surface area (Å²) in [6.07, 6.45) is 0. The van der Waals surface area contributed by atoms with Crippen molar-refractivity contribution >= 4 is 83.7 Å². The summed E-state index contributed by atoms with van der Waals surface area (Å²) in [4.78, 5) is 8.06. The lowest BCUT2D eigenvalue weighted by atomic mass is 10.0. The number of nitrogens with zero attached hydrogens (tertiary/aromatic N) is 4. The van der Waals surface area contributed by atoms with Gasteiger partial charge in [-0.05, 0) is 108 Å². The minimum absolute atomic E-state index is 0.590. The van der Waals surface area contributed by atoms with Crippen molar-refractivity contribution in [3.05, 3.63) is 199 Å².